The Balaban J connectivity index is 1.73. The van der Waals surface area contributed by atoms with E-state index in [9.17, 15) is 14.9 Å². The van der Waals surface area contributed by atoms with Gasteiger partial charge in [0.15, 0.2) is 0 Å². The van der Waals surface area contributed by atoms with Crippen molar-refractivity contribution in [2.45, 2.75) is 45.3 Å². The van der Waals surface area contributed by atoms with Crippen molar-refractivity contribution in [3.05, 3.63) is 106 Å². The summed E-state index contributed by atoms with van der Waals surface area (Å²) in [7, 11) is 0. The smallest absolute Gasteiger partial charge is 0.269 e. The van der Waals surface area contributed by atoms with E-state index in [-0.39, 0.29) is 11.5 Å². The zero-order valence-electron chi connectivity index (χ0n) is 20.9. The fourth-order valence-corrected chi connectivity index (χ4v) is 5.51. The second-order valence-corrected chi connectivity index (χ2v) is 10.5. The number of hydrogen-bond acceptors (Lipinski definition) is 4. The van der Waals surface area contributed by atoms with E-state index in [4.69, 9.17) is 0 Å². The van der Waals surface area contributed by atoms with Crippen LogP contribution in [0.1, 0.15) is 42.0 Å². The second kappa shape index (κ2) is 10.8. The van der Waals surface area contributed by atoms with Crippen LogP contribution in [0, 0.1) is 25.2 Å². The molecule has 2 amide bonds. The lowest BCUT2D eigenvalue weighted by Gasteiger charge is -2.19. The number of thioether (sulfide) groups is 1. The quantitative estimate of drug-likeness (QED) is 0.313. The van der Waals surface area contributed by atoms with E-state index in [1.807, 2.05) is 74.5 Å². The number of benzene rings is 3. The summed E-state index contributed by atoms with van der Waals surface area (Å²) in [6.45, 7) is 8.17. The average molecular weight is 496 g/mol. The van der Waals surface area contributed by atoms with Gasteiger partial charge in [-0.3, -0.25) is 14.5 Å². The van der Waals surface area contributed by atoms with Gasteiger partial charge < -0.3 is 5.32 Å². The van der Waals surface area contributed by atoms with Crippen molar-refractivity contribution in [3.63, 3.8) is 0 Å². The molecule has 0 saturated carbocycles. The normalized spacial score (nSPS) is 16.7. The van der Waals surface area contributed by atoms with E-state index in [1.54, 1.807) is 6.07 Å². The number of anilines is 2. The molecule has 6 heteroatoms. The Morgan fingerprint density at radius 1 is 1.03 bits per heavy atom. The molecule has 0 aromatic heterocycles. The van der Waals surface area contributed by atoms with Crippen LogP contribution in [0.5, 0.6) is 0 Å². The molecular formula is C30H29N3O2S. The molecule has 1 aliphatic heterocycles. The van der Waals surface area contributed by atoms with Gasteiger partial charge in [0.1, 0.15) is 16.7 Å². The van der Waals surface area contributed by atoms with Gasteiger partial charge in [0.25, 0.3) is 5.91 Å². The van der Waals surface area contributed by atoms with Gasteiger partial charge in [0, 0.05) is 11.4 Å². The average Bonchev–Trinajstić information content (AvgIpc) is 3.15. The molecule has 0 radical (unpaired) electrons. The van der Waals surface area contributed by atoms with Gasteiger partial charge in [-0.2, -0.15) is 5.26 Å². The van der Waals surface area contributed by atoms with Crippen molar-refractivity contribution in [2.24, 2.45) is 0 Å². The minimum absolute atomic E-state index is 0.0745. The first-order valence-electron chi connectivity index (χ1n) is 12.0. The van der Waals surface area contributed by atoms with E-state index in [0.29, 0.717) is 28.7 Å². The van der Waals surface area contributed by atoms with Crippen molar-refractivity contribution in [1.29, 1.82) is 5.26 Å². The second-order valence-electron chi connectivity index (χ2n) is 9.34. The summed E-state index contributed by atoms with van der Waals surface area (Å²) in [5, 5.41) is 12.8. The van der Waals surface area contributed by atoms with Gasteiger partial charge in [0.2, 0.25) is 5.91 Å². The standard InChI is InChI=1S/C30H29N3O2S/c1-19(2)23-11-13-25(14-12-23)33-29(35)27(17-22-9-5-7-20(3)15-22)36-30(33)26(18-31)28(34)32-24-10-6-8-21(4)16-24/h5-16,19,27H,17H2,1-4H3,(H,32,34)/b30-26-. The topological polar surface area (TPSA) is 73.2 Å². The van der Waals surface area contributed by atoms with Crippen LogP contribution in [-0.2, 0) is 16.0 Å². The van der Waals surface area contributed by atoms with E-state index in [1.165, 1.54) is 16.7 Å². The van der Waals surface area contributed by atoms with Gasteiger partial charge in [-0.25, -0.2) is 0 Å². The summed E-state index contributed by atoms with van der Waals surface area (Å²) in [6, 6.07) is 25.3. The number of nitrogens with one attached hydrogen (secondary N) is 1. The highest BCUT2D eigenvalue weighted by atomic mass is 32.2. The molecule has 4 rings (SSSR count). The maximum Gasteiger partial charge on any atom is 0.269 e. The van der Waals surface area contributed by atoms with Crippen LogP contribution in [0.4, 0.5) is 11.4 Å². The summed E-state index contributed by atoms with van der Waals surface area (Å²) in [6.07, 6.45) is 0.507. The zero-order chi connectivity index (χ0) is 25.8. The van der Waals surface area contributed by atoms with Crippen LogP contribution < -0.4 is 10.2 Å². The van der Waals surface area contributed by atoms with E-state index < -0.39 is 11.2 Å². The van der Waals surface area contributed by atoms with E-state index >= 15 is 0 Å². The van der Waals surface area contributed by atoms with Crippen molar-refractivity contribution in [1.82, 2.24) is 0 Å². The van der Waals surface area contributed by atoms with Crippen LogP contribution in [-0.4, -0.2) is 17.1 Å². The summed E-state index contributed by atoms with van der Waals surface area (Å²) in [4.78, 5) is 28.5. The fraction of sp³-hybridized carbons (Fsp3) is 0.233. The Morgan fingerprint density at radius 3 is 2.31 bits per heavy atom. The maximum atomic E-state index is 13.7. The van der Waals surface area contributed by atoms with Crippen LogP contribution in [0.25, 0.3) is 0 Å². The molecule has 182 valence electrons. The third-order valence-corrected chi connectivity index (χ3v) is 7.37. The van der Waals surface area contributed by atoms with Crippen LogP contribution in [0.15, 0.2) is 83.4 Å². The number of hydrogen-bond donors (Lipinski definition) is 1. The molecule has 1 N–H and O–H groups in total. The number of nitrogens with zero attached hydrogens (tertiary/aromatic N) is 2. The number of carbonyl (C=O) groups excluding carboxylic acids is 2. The molecule has 3 aromatic rings. The van der Waals surface area contributed by atoms with Crippen LogP contribution in [0.2, 0.25) is 0 Å². The lowest BCUT2D eigenvalue weighted by Crippen LogP contribution is -2.31. The Morgan fingerprint density at radius 2 is 1.69 bits per heavy atom. The van der Waals surface area contributed by atoms with Crippen LogP contribution >= 0.6 is 11.8 Å². The highest BCUT2D eigenvalue weighted by molar-refractivity contribution is 8.05. The minimum Gasteiger partial charge on any atom is -0.321 e. The molecule has 5 nitrogen and oxygen atoms in total. The van der Waals surface area contributed by atoms with Crippen LogP contribution in [0.3, 0.4) is 0 Å². The van der Waals surface area contributed by atoms with E-state index in [2.05, 4.69) is 31.3 Å². The van der Waals surface area contributed by atoms with E-state index in [0.717, 1.165) is 22.3 Å². The molecule has 1 saturated heterocycles. The zero-order valence-corrected chi connectivity index (χ0v) is 21.7. The number of carbonyl (C=O) groups is 2. The lowest BCUT2D eigenvalue weighted by atomic mass is 10.0. The molecule has 1 heterocycles. The Hall–Kier alpha value is -3.82. The number of nitriles is 1. The van der Waals surface area contributed by atoms with Gasteiger partial charge in [-0.15, -0.1) is 0 Å². The number of amides is 2. The first-order chi connectivity index (χ1) is 17.3. The molecule has 1 fully saturated rings. The molecule has 0 aliphatic carbocycles. The highest BCUT2D eigenvalue weighted by Gasteiger charge is 2.40. The van der Waals surface area contributed by atoms with Crippen molar-refractivity contribution >= 4 is 35.0 Å². The number of rotatable bonds is 6. The van der Waals surface area contributed by atoms with Gasteiger partial charge in [-0.1, -0.05) is 79.7 Å². The maximum absolute atomic E-state index is 13.7. The van der Waals surface area contributed by atoms with Crippen molar-refractivity contribution in [2.75, 3.05) is 10.2 Å². The van der Waals surface area contributed by atoms with Gasteiger partial charge in [0.05, 0.1) is 5.25 Å². The molecule has 1 unspecified atom stereocenters. The first-order valence-corrected chi connectivity index (χ1v) is 12.8. The molecule has 3 aromatic carbocycles. The summed E-state index contributed by atoms with van der Waals surface area (Å²) in [5.41, 5.74) is 5.48. The predicted octanol–water partition coefficient (Wildman–Crippen LogP) is 6.49. The summed E-state index contributed by atoms with van der Waals surface area (Å²) in [5.74, 6) is -0.315. The lowest BCUT2D eigenvalue weighted by molar-refractivity contribution is -0.117. The third kappa shape index (κ3) is 5.53. The van der Waals surface area contributed by atoms with Gasteiger partial charge >= 0.3 is 0 Å². The van der Waals surface area contributed by atoms with Crippen molar-refractivity contribution < 1.29 is 9.59 Å². The van der Waals surface area contributed by atoms with Crippen molar-refractivity contribution in [3.8, 4) is 6.07 Å². The molecular weight excluding hydrogens is 466 g/mol. The largest absolute Gasteiger partial charge is 0.321 e. The summed E-state index contributed by atoms with van der Waals surface area (Å²) < 4.78 is 0. The molecule has 36 heavy (non-hydrogen) atoms. The SMILES string of the molecule is Cc1cccc(CC2S/C(=C(/C#N)C(=O)Nc3cccc(C)c3)N(c3ccc(C(C)C)cc3)C2=O)c1. The molecule has 1 aliphatic rings. The Bertz CT molecular complexity index is 1370. The van der Waals surface area contributed by atoms with Gasteiger partial charge in [-0.05, 0) is 67.1 Å². The number of aryl methyl sites for hydroxylation is 2. The predicted molar refractivity (Wildman–Crippen MR) is 147 cm³/mol. The fourth-order valence-electron chi connectivity index (χ4n) is 4.20. The first kappa shape index (κ1) is 25.3. The molecule has 0 spiro atoms. The Labute approximate surface area is 216 Å². The Kier molecular flexibility index (Phi) is 7.61. The molecule has 1 atom stereocenters. The highest BCUT2D eigenvalue weighted by Crippen LogP contribution is 2.42. The minimum atomic E-state index is -0.529. The monoisotopic (exact) mass is 495 g/mol. The molecule has 0 bridgehead atoms. The summed E-state index contributed by atoms with van der Waals surface area (Å²) >= 11 is 1.28. The third-order valence-electron chi connectivity index (χ3n) is 6.10.